The number of hydrogen-bond donors (Lipinski definition) is 1. The second kappa shape index (κ2) is 13.1. The van der Waals surface area contributed by atoms with Crippen molar-refractivity contribution in [3.05, 3.63) is 0 Å². The van der Waals surface area contributed by atoms with Gasteiger partial charge >= 0.3 is 31.3 Å². The fourth-order valence-corrected chi connectivity index (χ4v) is 3.84. The number of aliphatic hydroxyl groups is 1. The second-order valence-electron chi connectivity index (χ2n) is 6.44. The van der Waals surface area contributed by atoms with E-state index in [0.717, 1.165) is 26.1 Å². The van der Waals surface area contributed by atoms with Crippen LogP contribution in [0.25, 0.3) is 0 Å². The molecule has 8 nitrogen and oxygen atoms in total. The maximum absolute atomic E-state index is 11.4. The molecule has 0 spiro atoms. The topological polar surface area (TPSA) is 116 Å². The van der Waals surface area contributed by atoms with E-state index >= 15 is 0 Å². The molecule has 0 amide bonds. The molecule has 0 aliphatic carbocycles. The maximum Gasteiger partial charge on any atom is 0.524 e. The van der Waals surface area contributed by atoms with Gasteiger partial charge in [0.05, 0.1) is 18.8 Å². The Labute approximate surface area is 177 Å². The number of ether oxygens (including phenoxy) is 2. The summed E-state index contributed by atoms with van der Waals surface area (Å²) in [5.74, 6) is 0. The van der Waals surface area contributed by atoms with Crippen LogP contribution in [-0.2, 0) is 33.3 Å². The summed E-state index contributed by atoms with van der Waals surface area (Å²) in [6, 6.07) is 0. The molecule has 2 aliphatic heterocycles. The van der Waals surface area contributed by atoms with Gasteiger partial charge in [-0.15, -0.1) is 3.63 Å². The largest absolute Gasteiger partial charge is 0.524 e. The van der Waals surface area contributed by atoms with Crippen LogP contribution in [-0.4, -0.2) is 65.0 Å². The minimum Gasteiger partial charge on any atom is -0.394 e. The summed E-state index contributed by atoms with van der Waals surface area (Å²) in [5, 5.41) is 8.57. The van der Waals surface area contributed by atoms with Gasteiger partial charge in [0.1, 0.15) is 0 Å². The van der Waals surface area contributed by atoms with E-state index in [1.54, 1.807) is 0 Å². The Bertz CT molecular complexity index is 634. The van der Waals surface area contributed by atoms with E-state index in [1.165, 1.54) is 32.1 Å². The lowest BCUT2D eigenvalue weighted by Gasteiger charge is -2.20. The first-order valence-corrected chi connectivity index (χ1v) is 12.1. The molecule has 2 saturated heterocycles. The van der Waals surface area contributed by atoms with Crippen LogP contribution in [0.2, 0.25) is 0 Å². The fraction of sp³-hybridized carbons (Fsp3) is 1.00. The highest BCUT2D eigenvalue weighted by Crippen LogP contribution is 2.32. The summed E-state index contributed by atoms with van der Waals surface area (Å²) in [4.78, 5) is 0. The second-order valence-corrected chi connectivity index (χ2v) is 9.72. The fourth-order valence-electron chi connectivity index (χ4n) is 2.28. The minimum absolute atomic E-state index is 0.142. The van der Waals surface area contributed by atoms with E-state index in [-0.39, 0.29) is 12.7 Å². The van der Waals surface area contributed by atoms with E-state index in [9.17, 15) is 43.2 Å². The first kappa shape index (κ1) is 30.3. The van der Waals surface area contributed by atoms with Gasteiger partial charge in [-0.25, -0.2) is 0 Å². The number of halogens is 6. The van der Waals surface area contributed by atoms with Gasteiger partial charge in [-0.05, 0) is 44.9 Å². The number of rotatable bonds is 4. The molecule has 2 fully saturated rings. The average molecular weight is 512 g/mol. The van der Waals surface area contributed by atoms with E-state index in [2.05, 4.69) is 6.92 Å². The predicted molar refractivity (Wildman–Crippen MR) is 95.6 cm³/mol. The standard InChI is InChI=1S/C7H14O.C6H12O2.C2F6O5S2/c1-2-7-5-3-4-6-8-7;7-5-6-3-1-2-4-8-6;3-1(4,5)14(9,10)13-15(11,12)2(6,7)8/h7H,2-6H2,1H3;6-7H,1-5H2;. The Hall–Kier alpha value is -0.680. The van der Waals surface area contributed by atoms with Gasteiger partial charge in [-0.1, -0.05) is 6.92 Å². The molecule has 31 heavy (non-hydrogen) atoms. The van der Waals surface area contributed by atoms with Gasteiger partial charge in [0, 0.05) is 13.2 Å². The molecule has 2 heterocycles. The highest BCUT2D eigenvalue weighted by atomic mass is 32.3. The van der Waals surface area contributed by atoms with E-state index in [4.69, 9.17) is 14.6 Å². The molecule has 1 N–H and O–H groups in total. The van der Waals surface area contributed by atoms with Crippen LogP contribution >= 0.6 is 0 Å². The van der Waals surface area contributed by atoms with Crippen molar-refractivity contribution in [1.29, 1.82) is 0 Å². The Morgan fingerprint density at radius 2 is 1.19 bits per heavy atom. The van der Waals surface area contributed by atoms with E-state index < -0.39 is 31.3 Å². The third-order valence-electron chi connectivity index (χ3n) is 3.95. The van der Waals surface area contributed by atoms with Gasteiger partial charge in [-0.2, -0.15) is 43.2 Å². The van der Waals surface area contributed by atoms with Crippen molar-refractivity contribution in [2.75, 3.05) is 19.8 Å². The van der Waals surface area contributed by atoms with Gasteiger partial charge in [-0.3, -0.25) is 0 Å². The van der Waals surface area contributed by atoms with Crippen molar-refractivity contribution in [1.82, 2.24) is 0 Å². The molecule has 0 aromatic carbocycles. The Morgan fingerprint density at radius 1 is 0.806 bits per heavy atom. The molecule has 0 aromatic heterocycles. The van der Waals surface area contributed by atoms with Crippen LogP contribution in [0, 0.1) is 0 Å². The highest BCUT2D eigenvalue weighted by molar-refractivity contribution is 8.00. The molecule has 2 atom stereocenters. The smallest absolute Gasteiger partial charge is 0.394 e. The van der Waals surface area contributed by atoms with Crippen molar-refractivity contribution in [3.63, 3.8) is 0 Å². The number of hydrogen-bond acceptors (Lipinski definition) is 8. The summed E-state index contributed by atoms with van der Waals surface area (Å²) in [5.41, 5.74) is -12.5. The van der Waals surface area contributed by atoms with Crippen LogP contribution < -0.4 is 0 Å². The molecule has 2 unspecified atom stereocenters. The third kappa shape index (κ3) is 11.7. The zero-order valence-electron chi connectivity index (χ0n) is 16.6. The summed E-state index contributed by atoms with van der Waals surface area (Å²) in [6.45, 7) is 4.22. The summed E-state index contributed by atoms with van der Waals surface area (Å²) in [6.07, 6.45) is 9.27. The molecule has 0 bridgehead atoms. The molecule has 0 radical (unpaired) electrons. The van der Waals surface area contributed by atoms with E-state index in [1.807, 2.05) is 3.63 Å². The average Bonchev–Trinajstić information content (AvgIpc) is 2.68. The first-order valence-electron chi connectivity index (χ1n) is 9.25. The lowest BCUT2D eigenvalue weighted by Crippen LogP contribution is -2.34. The molecule has 2 aliphatic rings. The molecule has 16 heteroatoms. The SMILES string of the molecule is CCC1CCCCO1.O=S(=O)(OS(=O)(=O)C(F)(F)F)C(F)(F)F.OCC1CCCCO1. The lowest BCUT2D eigenvalue weighted by atomic mass is 10.1. The number of alkyl halides is 6. The quantitative estimate of drug-likeness (QED) is 0.451. The third-order valence-corrected chi connectivity index (χ3v) is 6.52. The van der Waals surface area contributed by atoms with Crippen molar-refractivity contribution >= 4 is 20.2 Å². The van der Waals surface area contributed by atoms with Crippen molar-refractivity contribution < 1.29 is 61.4 Å². The van der Waals surface area contributed by atoms with Gasteiger partial charge in [0.2, 0.25) is 0 Å². The van der Waals surface area contributed by atoms with Crippen LogP contribution in [0.3, 0.4) is 0 Å². The molecule has 188 valence electrons. The zero-order chi connectivity index (χ0) is 24.3. The molecule has 0 saturated carbocycles. The summed E-state index contributed by atoms with van der Waals surface area (Å²) >= 11 is 0. The van der Waals surface area contributed by atoms with Gasteiger partial charge in [0.15, 0.2) is 0 Å². The van der Waals surface area contributed by atoms with Gasteiger partial charge < -0.3 is 14.6 Å². The minimum atomic E-state index is -6.85. The Morgan fingerprint density at radius 3 is 1.39 bits per heavy atom. The van der Waals surface area contributed by atoms with Crippen LogP contribution in [0.1, 0.15) is 51.9 Å². The van der Waals surface area contributed by atoms with Crippen molar-refractivity contribution in [3.8, 4) is 0 Å². The van der Waals surface area contributed by atoms with Crippen molar-refractivity contribution in [2.45, 2.75) is 75.1 Å². The van der Waals surface area contributed by atoms with Crippen LogP contribution in [0.4, 0.5) is 26.3 Å². The Balaban J connectivity index is 0.000000471. The zero-order valence-corrected chi connectivity index (χ0v) is 18.2. The van der Waals surface area contributed by atoms with Crippen LogP contribution in [0.15, 0.2) is 0 Å². The highest BCUT2D eigenvalue weighted by Gasteiger charge is 2.57. The first-order chi connectivity index (χ1) is 14.1. The van der Waals surface area contributed by atoms with Crippen LogP contribution in [0.5, 0.6) is 0 Å². The van der Waals surface area contributed by atoms with Crippen molar-refractivity contribution in [2.24, 2.45) is 0 Å². The monoisotopic (exact) mass is 512 g/mol. The number of aliphatic hydroxyl groups excluding tert-OH is 1. The molecular formula is C15H26F6O8S2. The normalized spacial score (nSPS) is 23.1. The molecule has 2 rings (SSSR count). The summed E-state index contributed by atoms with van der Waals surface area (Å²) < 4.78 is 121. The molecule has 0 aromatic rings. The maximum atomic E-state index is 11.4. The van der Waals surface area contributed by atoms with Gasteiger partial charge in [0.25, 0.3) is 0 Å². The molecular weight excluding hydrogens is 486 g/mol. The summed E-state index contributed by atoms with van der Waals surface area (Å²) in [7, 11) is -13.7. The van der Waals surface area contributed by atoms with E-state index in [0.29, 0.717) is 6.10 Å². The predicted octanol–water partition coefficient (Wildman–Crippen LogP) is 3.22. The Kier molecular flexibility index (Phi) is 12.8. The lowest BCUT2D eigenvalue weighted by molar-refractivity contribution is -0.0585.